The van der Waals surface area contributed by atoms with Crippen molar-refractivity contribution in [3.8, 4) is 27.5 Å². The minimum absolute atomic E-state index is 0.327. The molecule has 28 heavy (non-hydrogen) atoms. The normalized spacial score (nSPS) is 10.9. The number of rotatable bonds is 5. The fraction of sp³-hybridized carbons (Fsp3) is 0.174. The first-order valence-corrected chi connectivity index (χ1v) is 10.2. The van der Waals surface area contributed by atoms with Crippen LogP contribution in [-0.4, -0.2) is 24.1 Å². The van der Waals surface area contributed by atoms with Crippen molar-refractivity contribution < 1.29 is 13.9 Å². The van der Waals surface area contributed by atoms with Gasteiger partial charge in [0.25, 0.3) is 0 Å². The molecule has 0 aliphatic heterocycles. The number of fused-ring (bicyclic) bond motifs is 1. The van der Waals surface area contributed by atoms with E-state index in [0.29, 0.717) is 18.8 Å². The third-order valence-corrected chi connectivity index (χ3v) is 5.97. The summed E-state index contributed by atoms with van der Waals surface area (Å²) in [7, 11) is 0. The molecule has 1 amide bonds. The third kappa shape index (κ3) is 3.29. The van der Waals surface area contributed by atoms with Crippen molar-refractivity contribution in [1.82, 2.24) is 4.90 Å². The summed E-state index contributed by atoms with van der Waals surface area (Å²) in [5.41, 5.74) is 2.13. The molecule has 2 aromatic carbocycles. The van der Waals surface area contributed by atoms with Crippen molar-refractivity contribution in [1.29, 1.82) is 0 Å². The number of carbonyl (C=O) groups excluding carboxylic acids is 1. The van der Waals surface area contributed by atoms with Crippen molar-refractivity contribution in [3.05, 3.63) is 66.9 Å². The van der Waals surface area contributed by atoms with Gasteiger partial charge in [0.2, 0.25) is 0 Å². The maximum atomic E-state index is 12.5. The van der Waals surface area contributed by atoms with Gasteiger partial charge in [-0.05, 0) is 37.6 Å². The van der Waals surface area contributed by atoms with Crippen LogP contribution in [0.1, 0.15) is 13.8 Å². The first kappa shape index (κ1) is 18.3. The number of benzene rings is 2. The Morgan fingerprint density at radius 2 is 1.79 bits per heavy atom. The number of hydrogen-bond acceptors (Lipinski definition) is 4. The van der Waals surface area contributed by atoms with Crippen molar-refractivity contribution >= 4 is 27.5 Å². The molecule has 142 valence electrons. The quantitative estimate of drug-likeness (QED) is 0.381. The zero-order valence-corrected chi connectivity index (χ0v) is 16.7. The monoisotopic (exact) mass is 391 g/mol. The molecule has 0 spiro atoms. The van der Waals surface area contributed by atoms with Gasteiger partial charge in [-0.15, -0.1) is 11.3 Å². The van der Waals surface area contributed by atoms with Gasteiger partial charge in [-0.2, -0.15) is 0 Å². The predicted octanol–water partition coefficient (Wildman–Crippen LogP) is 6.67. The van der Waals surface area contributed by atoms with Gasteiger partial charge in [0.05, 0.1) is 11.0 Å². The minimum Gasteiger partial charge on any atom is -0.464 e. The second kappa shape index (κ2) is 7.90. The highest BCUT2D eigenvalue weighted by atomic mass is 32.1. The molecule has 0 saturated heterocycles. The fourth-order valence-corrected chi connectivity index (χ4v) is 4.53. The van der Waals surface area contributed by atoms with Crippen LogP contribution in [0.2, 0.25) is 0 Å². The van der Waals surface area contributed by atoms with E-state index in [-0.39, 0.29) is 6.09 Å². The van der Waals surface area contributed by atoms with E-state index in [4.69, 9.17) is 9.15 Å². The van der Waals surface area contributed by atoms with Gasteiger partial charge in [-0.1, -0.05) is 42.5 Å². The van der Waals surface area contributed by atoms with Gasteiger partial charge in [0, 0.05) is 28.9 Å². The topological polar surface area (TPSA) is 42.7 Å². The number of furan rings is 1. The maximum Gasteiger partial charge on any atom is 0.415 e. The summed E-state index contributed by atoms with van der Waals surface area (Å²) >= 11 is 1.62. The summed E-state index contributed by atoms with van der Waals surface area (Å²) in [6, 6.07) is 19.9. The minimum atomic E-state index is -0.327. The van der Waals surface area contributed by atoms with E-state index in [2.05, 4.69) is 12.1 Å². The number of amides is 1. The van der Waals surface area contributed by atoms with Crippen molar-refractivity contribution in [2.75, 3.05) is 13.1 Å². The van der Waals surface area contributed by atoms with Gasteiger partial charge < -0.3 is 14.1 Å². The summed E-state index contributed by atoms with van der Waals surface area (Å²) in [5, 5.41) is 1.02. The summed E-state index contributed by atoms with van der Waals surface area (Å²) in [4.78, 5) is 15.3. The van der Waals surface area contributed by atoms with Gasteiger partial charge in [-0.25, -0.2) is 4.79 Å². The number of carbonyl (C=O) groups is 1. The molecule has 0 atom stereocenters. The van der Waals surface area contributed by atoms with Gasteiger partial charge in [0.1, 0.15) is 5.76 Å². The molecule has 2 heterocycles. The SMILES string of the molecule is CCN(CC)C(=O)Oc1cccc2c(-c3ccco3)c(-c3ccccc3)sc12. The lowest BCUT2D eigenvalue weighted by molar-refractivity contribution is 0.158. The average Bonchev–Trinajstić information content (AvgIpc) is 3.37. The molecule has 4 rings (SSSR count). The third-order valence-electron chi connectivity index (χ3n) is 4.70. The number of ether oxygens (including phenoxy) is 1. The Morgan fingerprint density at radius 3 is 2.46 bits per heavy atom. The summed E-state index contributed by atoms with van der Waals surface area (Å²) < 4.78 is 12.4. The Labute approximate surface area is 168 Å². The predicted molar refractivity (Wildman–Crippen MR) is 114 cm³/mol. The van der Waals surface area contributed by atoms with Crippen LogP contribution in [-0.2, 0) is 0 Å². The molecule has 4 aromatic rings. The lowest BCUT2D eigenvalue weighted by Gasteiger charge is -2.18. The zero-order chi connectivity index (χ0) is 19.5. The summed E-state index contributed by atoms with van der Waals surface area (Å²) in [6.07, 6.45) is 1.35. The highest BCUT2D eigenvalue weighted by Crippen LogP contribution is 2.47. The standard InChI is InChI=1S/C23H21NO3S/c1-3-24(4-2)23(25)27-19-13-8-12-17-20(18-14-9-15-26-18)21(28-22(17)19)16-10-6-5-7-11-16/h5-15H,3-4H2,1-2H3. The van der Waals surface area contributed by atoms with Crippen LogP contribution in [0.4, 0.5) is 4.79 Å². The molecule has 0 aliphatic carbocycles. The van der Waals surface area contributed by atoms with Gasteiger partial charge in [0.15, 0.2) is 5.75 Å². The van der Waals surface area contributed by atoms with E-state index in [0.717, 1.165) is 31.9 Å². The second-order valence-corrected chi connectivity index (χ2v) is 7.34. The molecule has 0 N–H and O–H groups in total. The lowest BCUT2D eigenvalue weighted by Crippen LogP contribution is -2.33. The summed E-state index contributed by atoms with van der Waals surface area (Å²) in [5.74, 6) is 1.38. The van der Waals surface area contributed by atoms with Crippen LogP contribution >= 0.6 is 11.3 Å². The van der Waals surface area contributed by atoms with Gasteiger partial charge in [-0.3, -0.25) is 0 Å². The molecule has 2 aromatic heterocycles. The molecular weight excluding hydrogens is 370 g/mol. The molecule has 0 radical (unpaired) electrons. The summed E-state index contributed by atoms with van der Waals surface area (Å²) in [6.45, 7) is 5.11. The highest BCUT2D eigenvalue weighted by molar-refractivity contribution is 7.23. The van der Waals surface area contributed by atoms with Crippen molar-refractivity contribution in [3.63, 3.8) is 0 Å². The smallest absolute Gasteiger partial charge is 0.415 e. The van der Waals surface area contributed by atoms with Crippen LogP contribution < -0.4 is 4.74 Å². The number of thiophene rings is 1. The Balaban J connectivity index is 1.88. The van der Waals surface area contributed by atoms with Gasteiger partial charge >= 0.3 is 6.09 Å². The Morgan fingerprint density at radius 1 is 1.00 bits per heavy atom. The van der Waals surface area contributed by atoms with Crippen molar-refractivity contribution in [2.45, 2.75) is 13.8 Å². The maximum absolute atomic E-state index is 12.5. The van der Waals surface area contributed by atoms with E-state index in [1.807, 2.05) is 62.4 Å². The molecule has 0 fully saturated rings. The van der Waals surface area contributed by atoms with Crippen LogP contribution in [0.25, 0.3) is 31.9 Å². The van der Waals surface area contributed by atoms with Crippen LogP contribution in [0.15, 0.2) is 71.3 Å². The molecule has 4 nitrogen and oxygen atoms in total. The molecule has 0 aliphatic rings. The fourth-order valence-electron chi connectivity index (χ4n) is 3.27. The molecular formula is C23H21NO3S. The Bertz CT molecular complexity index is 1080. The van der Waals surface area contributed by atoms with E-state index in [1.165, 1.54) is 0 Å². The molecule has 5 heteroatoms. The van der Waals surface area contributed by atoms with E-state index < -0.39 is 0 Å². The first-order valence-electron chi connectivity index (χ1n) is 9.34. The van der Waals surface area contributed by atoms with Crippen LogP contribution in [0, 0.1) is 0 Å². The Kier molecular flexibility index (Phi) is 5.17. The number of hydrogen-bond donors (Lipinski definition) is 0. The highest BCUT2D eigenvalue weighted by Gasteiger charge is 2.21. The van der Waals surface area contributed by atoms with E-state index in [1.54, 1.807) is 22.5 Å². The second-order valence-electron chi connectivity index (χ2n) is 6.32. The Hall–Kier alpha value is -3.05. The first-order chi connectivity index (χ1) is 13.7. The van der Waals surface area contributed by atoms with Crippen LogP contribution in [0.3, 0.4) is 0 Å². The van der Waals surface area contributed by atoms with E-state index >= 15 is 0 Å². The molecule has 0 unspecified atom stereocenters. The van der Waals surface area contributed by atoms with Crippen LogP contribution in [0.5, 0.6) is 5.75 Å². The van der Waals surface area contributed by atoms with E-state index in [9.17, 15) is 4.79 Å². The van der Waals surface area contributed by atoms with Crippen molar-refractivity contribution in [2.24, 2.45) is 0 Å². The zero-order valence-electron chi connectivity index (χ0n) is 15.8. The molecule has 0 saturated carbocycles. The largest absolute Gasteiger partial charge is 0.464 e. The number of nitrogens with zero attached hydrogens (tertiary/aromatic N) is 1. The molecule has 0 bridgehead atoms. The average molecular weight is 391 g/mol. The lowest BCUT2D eigenvalue weighted by atomic mass is 10.0.